The summed E-state index contributed by atoms with van der Waals surface area (Å²) in [7, 11) is 0. The Bertz CT molecular complexity index is 909. The van der Waals surface area contributed by atoms with Gasteiger partial charge in [0.05, 0.1) is 24.2 Å². The lowest BCUT2D eigenvalue weighted by atomic mass is 10.1. The number of imide groups is 1. The molecule has 0 radical (unpaired) electrons. The van der Waals surface area contributed by atoms with Crippen LogP contribution in [0.25, 0.3) is 0 Å². The van der Waals surface area contributed by atoms with Gasteiger partial charge in [0.25, 0.3) is 11.8 Å². The molecule has 1 N–H and O–H groups in total. The van der Waals surface area contributed by atoms with E-state index in [4.69, 9.17) is 9.47 Å². The fourth-order valence-corrected chi connectivity index (χ4v) is 3.04. The highest BCUT2D eigenvalue weighted by molar-refractivity contribution is 6.21. The lowest BCUT2D eigenvalue weighted by Gasteiger charge is -2.26. The first-order valence-electron chi connectivity index (χ1n) is 8.74. The van der Waals surface area contributed by atoms with Crippen LogP contribution in [-0.2, 0) is 0 Å². The molecule has 27 heavy (non-hydrogen) atoms. The second-order valence-corrected chi connectivity index (χ2v) is 6.22. The van der Waals surface area contributed by atoms with Crippen LogP contribution in [0.2, 0.25) is 0 Å². The fourth-order valence-electron chi connectivity index (χ4n) is 3.04. The Balaban J connectivity index is 1.23. The Morgan fingerprint density at radius 1 is 0.963 bits per heavy atom. The maximum atomic E-state index is 12.2. The average molecular weight is 362 g/mol. The number of hydrogen-bond donors (Lipinski definition) is 1. The van der Waals surface area contributed by atoms with E-state index in [1.54, 1.807) is 24.3 Å². The topological polar surface area (TPSA) is 67.9 Å². The molecule has 0 saturated carbocycles. The van der Waals surface area contributed by atoms with Gasteiger partial charge in [-0.2, -0.15) is 0 Å². The molecule has 2 aromatic carbocycles. The van der Waals surface area contributed by atoms with Crippen molar-refractivity contribution in [1.29, 1.82) is 0 Å². The zero-order valence-corrected chi connectivity index (χ0v) is 14.6. The first-order chi connectivity index (χ1) is 13.2. The molecule has 6 nitrogen and oxygen atoms in total. The van der Waals surface area contributed by atoms with Crippen molar-refractivity contribution in [3.63, 3.8) is 0 Å². The Hall–Kier alpha value is -3.30. The second kappa shape index (κ2) is 7.52. The number of ether oxygens (including phenoxy) is 2. The van der Waals surface area contributed by atoms with Crippen LogP contribution in [0, 0.1) is 11.8 Å². The maximum absolute atomic E-state index is 12.2. The molecule has 0 bridgehead atoms. The molecule has 2 amide bonds. The van der Waals surface area contributed by atoms with E-state index in [1.165, 1.54) is 4.90 Å². The van der Waals surface area contributed by atoms with Crippen LogP contribution in [-0.4, -0.2) is 49.1 Å². The van der Waals surface area contributed by atoms with Gasteiger partial charge in [0.2, 0.25) is 0 Å². The predicted octanol–water partition coefficient (Wildman–Crippen LogP) is 1.72. The summed E-state index contributed by atoms with van der Waals surface area (Å²) in [4.78, 5) is 25.6. The van der Waals surface area contributed by atoms with E-state index in [0.717, 1.165) is 11.5 Å². The molecular weight excluding hydrogens is 344 g/mol. The first-order valence-corrected chi connectivity index (χ1v) is 8.74. The van der Waals surface area contributed by atoms with Gasteiger partial charge in [-0.05, 0) is 24.3 Å². The van der Waals surface area contributed by atoms with E-state index in [0.29, 0.717) is 30.8 Å². The third-order valence-corrected chi connectivity index (χ3v) is 4.39. The molecule has 6 heteroatoms. The number of para-hydroxylation sites is 2. The molecular formula is C21H18N2O4. The first kappa shape index (κ1) is 17.1. The molecule has 2 heterocycles. The van der Waals surface area contributed by atoms with E-state index in [1.807, 2.05) is 24.3 Å². The zero-order chi connectivity index (χ0) is 18.6. The Morgan fingerprint density at radius 3 is 2.37 bits per heavy atom. The fraction of sp³-hybridized carbons (Fsp3) is 0.238. The minimum atomic E-state index is -0.288. The molecule has 1 atom stereocenters. The number of amides is 2. The predicted molar refractivity (Wildman–Crippen MR) is 98.8 cm³/mol. The third-order valence-electron chi connectivity index (χ3n) is 4.39. The summed E-state index contributed by atoms with van der Waals surface area (Å²) >= 11 is 0. The van der Waals surface area contributed by atoms with Gasteiger partial charge in [-0.25, -0.2) is 0 Å². The summed E-state index contributed by atoms with van der Waals surface area (Å²) in [6, 6.07) is 14.4. The van der Waals surface area contributed by atoms with Crippen molar-refractivity contribution in [2.75, 3.05) is 26.2 Å². The van der Waals surface area contributed by atoms with Gasteiger partial charge < -0.3 is 14.8 Å². The lowest BCUT2D eigenvalue weighted by Crippen LogP contribution is -2.38. The summed E-state index contributed by atoms with van der Waals surface area (Å²) in [5, 5.41) is 3.18. The number of hydrogen-bond acceptors (Lipinski definition) is 5. The zero-order valence-electron chi connectivity index (χ0n) is 14.6. The SMILES string of the molecule is O=C1c2ccccc2C(=O)N1CC#CCNCC1COc2ccccc2O1. The number of rotatable bonds is 4. The van der Waals surface area contributed by atoms with Crippen LogP contribution in [0.4, 0.5) is 0 Å². The Kier molecular flexibility index (Phi) is 4.77. The van der Waals surface area contributed by atoms with Gasteiger partial charge in [-0.1, -0.05) is 36.1 Å². The highest BCUT2D eigenvalue weighted by Gasteiger charge is 2.34. The monoisotopic (exact) mass is 362 g/mol. The van der Waals surface area contributed by atoms with E-state index in [-0.39, 0.29) is 24.5 Å². The number of benzene rings is 2. The molecule has 2 aromatic rings. The van der Waals surface area contributed by atoms with E-state index in [2.05, 4.69) is 17.2 Å². The number of carbonyl (C=O) groups excluding carboxylic acids is 2. The van der Waals surface area contributed by atoms with E-state index >= 15 is 0 Å². The third kappa shape index (κ3) is 3.50. The van der Waals surface area contributed by atoms with Gasteiger partial charge in [-0.15, -0.1) is 0 Å². The summed E-state index contributed by atoms with van der Waals surface area (Å²) in [6.07, 6.45) is -0.0852. The average Bonchev–Trinajstić information content (AvgIpc) is 2.95. The van der Waals surface area contributed by atoms with Gasteiger partial charge >= 0.3 is 0 Å². The van der Waals surface area contributed by atoms with Crippen LogP contribution in [0.15, 0.2) is 48.5 Å². The van der Waals surface area contributed by atoms with Crippen molar-refractivity contribution in [1.82, 2.24) is 10.2 Å². The summed E-state index contributed by atoms with van der Waals surface area (Å²) in [5.74, 6) is 6.74. The lowest BCUT2D eigenvalue weighted by molar-refractivity contribution is 0.0675. The molecule has 2 aliphatic rings. The van der Waals surface area contributed by atoms with Crippen molar-refractivity contribution in [3.8, 4) is 23.3 Å². The van der Waals surface area contributed by atoms with Crippen LogP contribution >= 0.6 is 0 Å². The molecule has 0 fully saturated rings. The smallest absolute Gasteiger partial charge is 0.262 e. The number of carbonyl (C=O) groups is 2. The normalized spacial score (nSPS) is 17.3. The molecule has 0 aliphatic carbocycles. The number of nitrogens with one attached hydrogen (secondary N) is 1. The minimum Gasteiger partial charge on any atom is -0.486 e. The molecule has 0 saturated heterocycles. The standard InChI is InChI=1S/C21H18N2O4/c24-20-16-7-1-2-8-17(16)21(25)23(20)12-6-5-11-22-13-15-14-26-18-9-3-4-10-19(18)27-15/h1-4,7-10,15,22H,11-14H2. The molecule has 1 unspecified atom stereocenters. The number of fused-ring (bicyclic) bond motifs is 2. The minimum absolute atomic E-state index is 0.0852. The van der Waals surface area contributed by atoms with Gasteiger partial charge in [0.15, 0.2) is 11.5 Å². The van der Waals surface area contributed by atoms with E-state index in [9.17, 15) is 9.59 Å². The van der Waals surface area contributed by atoms with Crippen molar-refractivity contribution in [2.45, 2.75) is 6.10 Å². The van der Waals surface area contributed by atoms with Crippen LogP contribution in [0.5, 0.6) is 11.5 Å². The molecule has 136 valence electrons. The van der Waals surface area contributed by atoms with Crippen molar-refractivity contribution >= 4 is 11.8 Å². The largest absolute Gasteiger partial charge is 0.486 e. The van der Waals surface area contributed by atoms with Crippen LogP contribution < -0.4 is 14.8 Å². The van der Waals surface area contributed by atoms with Gasteiger partial charge in [0.1, 0.15) is 12.7 Å². The van der Waals surface area contributed by atoms with Crippen LogP contribution in [0.3, 0.4) is 0 Å². The number of nitrogens with zero attached hydrogens (tertiary/aromatic N) is 1. The quantitative estimate of drug-likeness (QED) is 0.510. The van der Waals surface area contributed by atoms with Gasteiger partial charge in [-0.3, -0.25) is 14.5 Å². The molecule has 4 rings (SSSR count). The summed E-state index contributed by atoms with van der Waals surface area (Å²) in [5.41, 5.74) is 0.884. The van der Waals surface area contributed by atoms with Crippen molar-refractivity contribution < 1.29 is 19.1 Å². The Labute approximate surface area is 157 Å². The van der Waals surface area contributed by atoms with Crippen molar-refractivity contribution in [2.24, 2.45) is 0 Å². The molecule has 2 aliphatic heterocycles. The maximum Gasteiger partial charge on any atom is 0.262 e. The van der Waals surface area contributed by atoms with Crippen molar-refractivity contribution in [3.05, 3.63) is 59.7 Å². The highest BCUT2D eigenvalue weighted by Crippen LogP contribution is 2.30. The summed E-state index contributed by atoms with van der Waals surface area (Å²) in [6.45, 7) is 1.59. The van der Waals surface area contributed by atoms with E-state index < -0.39 is 0 Å². The van der Waals surface area contributed by atoms with Crippen LogP contribution in [0.1, 0.15) is 20.7 Å². The van der Waals surface area contributed by atoms with Gasteiger partial charge in [0, 0.05) is 6.54 Å². The molecule has 0 aromatic heterocycles. The second-order valence-electron chi connectivity index (χ2n) is 6.22. The molecule has 0 spiro atoms. The summed E-state index contributed by atoms with van der Waals surface area (Å²) < 4.78 is 11.5. The Morgan fingerprint density at radius 2 is 1.63 bits per heavy atom. The highest BCUT2D eigenvalue weighted by atomic mass is 16.6.